The molecule has 0 saturated heterocycles. The number of thiol groups is 1. The highest BCUT2D eigenvalue weighted by Crippen LogP contribution is 2.12. The van der Waals surface area contributed by atoms with Crippen molar-refractivity contribution in [2.24, 2.45) is 5.92 Å². The Morgan fingerprint density at radius 3 is 2.12 bits per heavy atom. The van der Waals surface area contributed by atoms with Gasteiger partial charge in [0.1, 0.15) is 5.54 Å². The van der Waals surface area contributed by atoms with E-state index in [4.69, 9.17) is 14.2 Å². The summed E-state index contributed by atoms with van der Waals surface area (Å²) in [6.45, 7) is 13.4. The molecule has 150 valence electrons. The highest BCUT2D eigenvalue weighted by atomic mass is 32.1. The van der Waals surface area contributed by atoms with Gasteiger partial charge >= 0.3 is 0 Å². The van der Waals surface area contributed by atoms with Crippen molar-refractivity contribution in [3.05, 3.63) is 0 Å². The van der Waals surface area contributed by atoms with Gasteiger partial charge in [-0.25, -0.2) is 0 Å². The molecule has 0 saturated carbocycles. The third-order valence-electron chi connectivity index (χ3n) is 3.46. The number of unbranched alkanes of at least 4 members (excludes halogenated alkanes) is 1. The number of nitrogens with one attached hydrogen (secondary N) is 1. The summed E-state index contributed by atoms with van der Waals surface area (Å²) in [4.78, 5) is 12.4. The Labute approximate surface area is 160 Å². The average molecular weight is 378 g/mol. The molecule has 1 N–H and O–H groups in total. The van der Waals surface area contributed by atoms with E-state index >= 15 is 0 Å². The van der Waals surface area contributed by atoms with Crippen LogP contribution in [0.5, 0.6) is 0 Å². The fourth-order valence-electron chi connectivity index (χ4n) is 2.26. The number of amides is 1. The van der Waals surface area contributed by atoms with Crippen LogP contribution >= 0.6 is 12.6 Å². The van der Waals surface area contributed by atoms with E-state index in [1.807, 2.05) is 6.92 Å². The maximum Gasteiger partial charge on any atom is 0.221 e. The van der Waals surface area contributed by atoms with Crippen molar-refractivity contribution in [3.8, 4) is 0 Å². The first-order valence-electron chi connectivity index (χ1n) is 9.57. The predicted molar refractivity (Wildman–Crippen MR) is 106 cm³/mol. The Kier molecular flexibility index (Phi) is 14.6. The van der Waals surface area contributed by atoms with Crippen molar-refractivity contribution >= 4 is 18.5 Å². The number of ether oxygens (including phenoxy) is 3. The molecule has 0 aliphatic carbocycles. The fourth-order valence-corrected chi connectivity index (χ4v) is 2.43. The van der Waals surface area contributed by atoms with Gasteiger partial charge in [0.25, 0.3) is 0 Å². The largest absolute Gasteiger partial charge is 0.379 e. The lowest BCUT2D eigenvalue weighted by Gasteiger charge is -2.34. The quantitative estimate of drug-likeness (QED) is 0.319. The predicted octanol–water partition coefficient (Wildman–Crippen LogP) is 3.47. The highest BCUT2D eigenvalue weighted by molar-refractivity contribution is 7.80. The zero-order chi connectivity index (χ0) is 19.1. The minimum absolute atomic E-state index is 0.00634. The van der Waals surface area contributed by atoms with Crippen molar-refractivity contribution < 1.29 is 19.0 Å². The SMILES string of the molecule is CCCCOCC(COCCC)(COCC(C)C)NC(=O)CC(C)S. The van der Waals surface area contributed by atoms with Gasteiger partial charge in [-0.2, -0.15) is 12.6 Å². The van der Waals surface area contributed by atoms with Crippen LogP contribution < -0.4 is 5.32 Å². The molecule has 5 nitrogen and oxygen atoms in total. The van der Waals surface area contributed by atoms with Crippen LogP contribution in [0.15, 0.2) is 0 Å². The monoisotopic (exact) mass is 377 g/mol. The van der Waals surface area contributed by atoms with Gasteiger partial charge in [0.15, 0.2) is 0 Å². The molecule has 0 bridgehead atoms. The lowest BCUT2D eigenvalue weighted by Crippen LogP contribution is -2.59. The van der Waals surface area contributed by atoms with Gasteiger partial charge in [-0.05, 0) is 18.8 Å². The number of carbonyl (C=O) groups excluding carboxylic acids is 1. The maximum absolute atomic E-state index is 12.4. The second kappa shape index (κ2) is 14.8. The highest BCUT2D eigenvalue weighted by Gasteiger charge is 2.33. The summed E-state index contributed by atoms with van der Waals surface area (Å²) in [5.41, 5.74) is -0.655. The zero-order valence-electron chi connectivity index (χ0n) is 16.8. The molecule has 25 heavy (non-hydrogen) atoms. The summed E-state index contributed by atoms with van der Waals surface area (Å²) in [5, 5.41) is 3.11. The van der Waals surface area contributed by atoms with Crippen molar-refractivity contribution in [1.82, 2.24) is 5.32 Å². The Morgan fingerprint density at radius 2 is 1.60 bits per heavy atom. The van der Waals surface area contributed by atoms with Gasteiger partial charge < -0.3 is 19.5 Å². The van der Waals surface area contributed by atoms with Crippen LogP contribution in [-0.2, 0) is 19.0 Å². The molecule has 0 spiro atoms. The van der Waals surface area contributed by atoms with E-state index in [0.717, 1.165) is 19.3 Å². The fraction of sp³-hybridized carbons (Fsp3) is 0.947. The number of hydrogen-bond donors (Lipinski definition) is 2. The van der Waals surface area contributed by atoms with Gasteiger partial charge in [0, 0.05) is 31.5 Å². The van der Waals surface area contributed by atoms with E-state index in [-0.39, 0.29) is 11.2 Å². The van der Waals surface area contributed by atoms with E-state index in [1.54, 1.807) is 0 Å². The molecule has 0 aromatic rings. The van der Waals surface area contributed by atoms with Crippen LogP contribution in [-0.4, -0.2) is 56.3 Å². The average Bonchev–Trinajstić information content (AvgIpc) is 2.50. The lowest BCUT2D eigenvalue weighted by molar-refractivity contribution is -0.127. The van der Waals surface area contributed by atoms with Crippen molar-refractivity contribution in [2.75, 3.05) is 39.6 Å². The van der Waals surface area contributed by atoms with E-state index in [1.165, 1.54) is 0 Å². The summed E-state index contributed by atoms with van der Waals surface area (Å²) in [6.07, 6.45) is 3.37. The first-order chi connectivity index (χ1) is 11.8. The van der Waals surface area contributed by atoms with Gasteiger partial charge in [-0.1, -0.05) is 41.0 Å². The topological polar surface area (TPSA) is 56.8 Å². The van der Waals surface area contributed by atoms with Crippen LogP contribution in [0.2, 0.25) is 0 Å². The van der Waals surface area contributed by atoms with Crippen LogP contribution in [0.25, 0.3) is 0 Å². The molecular formula is C19H39NO4S. The van der Waals surface area contributed by atoms with Gasteiger partial charge in [0.05, 0.1) is 19.8 Å². The minimum atomic E-state index is -0.655. The zero-order valence-corrected chi connectivity index (χ0v) is 17.7. The summed E-state index contributed by atoms with van der Waals surface area (Å²) >= 11 is 4.31. The lowest BCUT2D eigenvalue weighted by atomic mass is 10.0. The number of rotatable bonds is 16. The molecule has 0 radical (unpaired) electrons. The minimum Gasteiger partial charge on any atom is -0.379 e. The summed E-state index contributed by atoms with van der Waals surface area (Å²) < 4.78 is 17.5. The Bertz CT molecular complexity index is 339. The maximum atomic E-state index is 12.4. The first kappa shape index (κ1) is 24.7. The van der Waals surface area contributed by atoms with Crippen LogP contribution in [0.4, 0.5) is 0 Å². The molecule has 0 fully saturated rings. The van der Waals surface area contributed by atoms with Crippen molar-refractivity contribution in [2.45, 2.75) is 71.1 Å². The van der Waals surface area contributed by atoms with Gasteiger partial charge in [-0.15, -0.1) is 0 Å². The van der Waals surface area contributed by atoms with Crippen LogP contribution in [0, 0.1) is 5.92 Å². The molecule has 0 aliphatic rings. The first-order valence-corrected chi connectivity index (χ1v) is 10.1. The van der Waals surface area contributed by atoms with Gasteiger partial charge in [-0.3, -0.25) is 4.79 Å². The van der Waals surface area contributed by atoms with E-state index in [9.17, 15) is 4.79 Å². The smallest absolute Gasteiger partial charge is 0.221 e. The molecule has 0 aliphatic heterocycles. The molecular weight excluding hydrogens is 338 g/mol. The third kappa shape index (κ3) is 13.5. The van der Waals surface area contributed by atoms with Crippen molar-refractivity contribution in [3.63, 3.8) is 0 Å². The summed E-state index contributed by atoms with van der Waals surface area (Å²) in [6, 6.07) is 0. The third-order valence-corrected chi connectivity index (χ3v) is 3.64. The Morgan fingerprint density at radius 1 is 1.00 bits per heavy atom. The van der Waals surface area contributed by atoms with E-state index < -0.39 is 5.54 Å². The van der Waals surface area contributed by atoms with Gasteiger partial charge in [0.2, 0.25) is 5.91 Å². The molecule has 0 aromatic carbocycles. The number of carbonyl (C=O) groups is 1. The normalized spacial score (nSPS) is 15.2. The second-order valence-corrected chi connectivity index (χ2v) is 8.13. The molecule has 1 amide bonds. The van der Waals surface area contributed by atoms with Crippen LogP contribution in [0.1, 0.15) is 60.3 Å². The van der Waals surface area contributed by atoms with E-state index in [0.29, 0.717) is 52.0 Å². The molecule has 0 aromatic heterocycles. The van der Waals surface area contributed by atoms with Crippen LogP contribution in [0.3, 0.4) is 0 Å². The molecule has 2 atom stereocenters. The Hall–Kier alpha value is -0.300. The van der Waals surface area contributed by atoms with E-state index in [2.05, 4.69) is 45.6 Å². The molecule has 6 heteroatoms. The van der Waals surface area contributed by atoms with Crippen molar-refractivity contribution in [1.29, 1.82) is 0 Å². The summed E-state index contributed by atoms with van der Waals surface area (Å²) in [5.74, 6) is 0.387. The summed E-state index contributed by atoms with van der Waals surface area (Å²) in [7, 11) is 0. The molecule has 0 rings (SSSR count). The molecule has 0 heterocycles. The molecule has 2 unspecified atom stereocenters. The standard InChI is InChI=1S/C19H39NO4S/c1-6-8-10-23-14-19(13-22-9-7-2,15-24-12-16(3)4)20-18(21)11-17(5)25/h16-17,25H,6-15H2,1-5H3,(H,20,21). The number of hydrogen-bond acceptors (Lipinski definition) is 5. The second-order valence-electron chi connectivity index (χ2n) is 7.25. The Balaban J connectivity index is 4.96.